The monoisotopic (exact) mass is 610 g/mol. The summed E-state index contributed by atoms with van der Waals surface area (Å²) in [4.78, 5) is 69.8. The van der Waals surface area contributed by atoms with Gasteiger partial charge in [-0.15, -0.1) is 0 Å². The second-order valence-corrected chi connectivity index (χ2v) is 12.7. The molecule has 0 unspecified atom stereocenters. The Kier molecular flexibility index (Phi) is 8.15. The van der Waals surface area contributed by atoms with Crippen LogP contribution in [0, 0.1) is 0 Å². The number of fused-ring (bicyclic) bond motifs is 1. The van der Waals surface area contributed by atoms with E-state index in [9.17, 15) is 52.1 Å². The molecule has 16 nitrogen and oxygen atoms in total. The summed E-state index contributed by atoms with van der Waals surface area (Å²) in [5.74, 6) is -3.41. The van der Waals surface area contributed by atoms with Gasteiger partial charge in [-0.1, -0.05) is 24.3 Å². The largest absolute Gasteiger partial charge is 0.547 e. The fraction of sp³-hybridized carbons (Fsp3) is 0.273. The summed E-state index contributed by atoms with van der Waals surface area (Å²) in [6.07, 6.45) is 0.731. The van der Waals surface area contributed by atoms with Crippen molar-refractivity contribution >= 4 is 54.0 Å². The van der Waals surface area contributed by atoms with Crippen LogP contribution in [0.3, 0.4) is 0 Å². The highest BCUT2D eigenvalue weighted by molar-refractivity contribution is 7.88. The fourth-order valence-corrected chi connectivity index (χ4v) is 5.69. The minimum Gasteiger partial charge on any atom is -0.534 e. The Hall–Kier alpha value is -3.96. The smallest absolute Gasteiger partial charge is 0.534 e. The molecule has 2 heterocycles. The predicted molar refractivity (Wildman–Crippen MR) is 141 cm³/mol. The molecule has 0 aliphatic carbocycles. The predicted octanol–water partition coefficient (Wildman–Crippen LogP) is -1.22. The van der Waals surface area contributed by atoms with Crippen LogP contribution in [0.4, 0.5) is 9.59 Å². The highest BCUT2D eigenvalue weighted by Gasteiger charge is 2.42. The molecular formula is C22H24BN4O12PS. The molecule has 2 atom stereocenters. The van der Waals surface area contributed by atoms with Crippen LogP contribution in [-0.2, 0) is 25.8 Å². The summed E-state index contributed by atoms with van der Waals surface area (Å²) in [5.41, 5.74) is 0.204. The van der Waals surface area contributed by atoms with Crippen LogP contribution in [-0.4, -0.2) is 93.9 Å². The van der Waals surface area contributed by atoms with Gasteiger partial charge in [0.15, 0.2) is 0 Å². The summed E-state index contributed by atoms with van der Waals surface area (Å²) < 4.78 is 41.1. The second kappa shape index (κ2) is 11.1. The van der Waals surface area contributed by atoms with Gasteiger partial charge in [0.05, 0.1) is 36.2 Å². The number of hydrogen-bond acceptors (Lipinski definition) is 9. The van der Waals surface area contributed by atoms with Crippen molar-refractivity contribution in [1.29, 1.82) is 0 Å². The first-order chi connectivity index (χ1) is 19.1. The van der Waals surface area contributed by atoms with Crippen molar-refractivity contribution < 1.29 is 56.7 Å². The summed E-state index contributed by atoms with van der Waals surface area (Å²) in [5, 5.41) is 24.4. The fourth-order valence-electron chi connectivity index (χ4n) is 4.36. The minimum atomic E-state index is -4.64. The number of imide groups is 1. The van der Waals surface area contributed by atoms with Crippen molar-refractivity contribution in [3.8, 4) is 5.75 Å². The molecule has 4 rings (SSSR count). The molecule has 41 heavy (non-hydrogen) atoms. The number of sulfonamides is 1. The number of amides is 5. The lowest BCUT2D eigenvalue weighted by Crippen LogP contribution is -2.56. The Labute approximate surface area is 233 Å². The number of carbonyl (C=O) groups excluding carboxylic acids is 3. The quantitative estimate of drug-likeness (QED) is 0.160. The molecule has 0 bridgehead atoms. The van der Waals surface area contributed by atoms with Crippen molar-refractivity contribution in [3.05, 3.63) is 59.2 Å². The van der Waals surface area contributed by atoms with Crippen LogP contribution < -0.4 is 20.6 Å². The summed E-state index contributed by atoms with van der Waals surface area (Å²) in [6, 6.07) is 4.83. The van der Waals surface area contributed by atoms with E-state index in [1.165, 1.54) is 12.1 Å². The molecule has 1 saturated heterocycles. The molecule has 2 aromatic rings. The zero-order valence-electron chi connectivity index (χ0n) is 21.2. The maximum absolute atomic E-state index is 13.4. The average molecular weight is 610 g/mol. The number of nitrogens with one attached hydrogen (secondary N) is 2. The van der Waals surface area contributed by atoms with E-state index < -0.39 is 60.7 Å². The lowest BCUT2D eigenvalue weighted by Gasteiger charge is -2.30. The Bertz CT molecular complexity index is 1560. The van der Waals surface area contributed by atoms with Crippen molar-refractivity contribution in [1.82, 2.24) is 19.8 Å². The second-order valence-electron chi connectivity index (χ2n) is 9.21. The molecule has 19 heteroatoms. The molecule has 2 aliphatic rings. The van der Waals surface area contributed by atoms with Crippen LogP contribution in [0.15, 0.2) is 42.5 Å². The molecule has 5 amide bonds. The SMILES string of the molecule is CS(=O)(=O)N1CCN(C(=O)N[C@H](C(=O)N[C@H]2Cc3cccc(C(=O)O)c3OB2O)c2ccc(P(=O)(O)O)cc2)C1=O. The maximum atomic E-state index is 13.4. The number of benzene rings is 2. The summed E-state index contributed by atoms with van der Waals surface area (Å²) >= 11 is 0. The number of carboxylic acids is 1. The van der Waals surface area contributed by atoms with Crippen LogP contribution in [0.25, 0.3) is 0 Å². The Morgan fingerprint density at radius 1 is 1.12 bits per heavy atom. The van der Waals surface area contributed by atoms with Gasteiger partial charge in [0.25, 0.3) is 0 Å². The molecule has 2 aliphatic heterocycles. The number of rotatable bonds is 7. The number of hydrogen-bond donors (Lipinski definition) is 6. The van der Waals surface area contributed by atoms with Gasteiger partial charge in [0.1, 0.15) is 11.8 Å². The average Bonchev–Trinajstić information content (AvgIpc) is 3.28. The molecule has 218 valence electrons. The van der Waals surface area contributed by atoms with E-state index in [1.807, 2.05) is 0 Å². The Morgan fingerprint density at radius 3 is 2.34 bits per heavy atom. The first-order valence-electron chi connectivity index (χ1n) is 11.8. The van der Waals surface area contributed by atoms with E-state index in [0.29, 0.717) is 14.8 Å². The van der Waals surface area contributed by atoms with Crippen LogP contribution >= 0.6 is 7.60 Å². The highest BCUT2D eigenvalue weighted by Crippen LogP contribution is 2.33. The van der Waals surface area contributed by atoms with E-state index >= 15 is 0 Å². The van der Waals surface area contributed by atoms with Gasteiger partial charge in [-0.05, 0) is 35.7 Å². The van der Waals surface area contributed by atoms with Crippen LogP contribution in [0.5, 0.6) is 5.75 Å². The van der Waals surface area contributed by atoms with Crippen molar-refractivity contribution in [2.75, 3.05) is 19.3 Å². The molecule has 0 saturated carbocycles. The van der Waals surface area contributed by atoms with Gasteiger partial charge in [-0.3, -0.25) is 9.36 Å². The Morgan fingerprint density at radius 2 is 1.78 bits per heavy atom. The molecule has 1 fully saturated rings. The molecular weight excluding hydrogens is 586 g/mol. The molecule has 6 N–H and O–H groups in total. The van der Waals surface area contributed by atoms with Crippen molar-refractivity contribution in [2.24, 2.45) is 0 Å². The number of para-hydroxylation sites is 1. The van der Waals surface area contributed by atoms with E-state index in [4.69, 9.17) is 4.65 Å². The van der Waals surface area contributed by atoms with Gasteiger partial charge in [0, 0.05) is 0 Å². The standard InChI is InChI=1S/C22H24BN4O12PS/c1-41(37,38)27-10-9-26(22(27)32)21(31)25-17(12-5-7-14(8-6-12)40(34,35)36)19(28)24-16-11-13-3-2-4-15(20(29)30)18(13)39-23(16)33/h2-8,16-17,33H,9-11H2,1H3,(H,24,28)(H,25,31)(H,29,30)(H2,34,35,36)/t16-,17-/m0/s1. The minimum absolute atomic E-state index is 0.0273. The molecule has 0 aromatic heterocycles. The van der Waals surface area contributed by atoms with Gasteiger partial charge in [0.2, 0.25) is 15.9 Å². The van der Waals surface area contributed by atoms with E-state index in [-0.39, 0.29) is 41.7 Å². The van der Waals surface area contributed by atoms with E-state index in [2.05, 4.69) is 10.6 Å². The highest BCUT2D eigenvalue weighted by atomic mass is 32.2. The molecule has 0 spiro atoms. The Balaban J connectivity index is 1.60. The number of carboxylic acid groups (broad SMARTS) is 1. The van der Waals surface area contributed by atoms with Gasteiger partial charge >= 0.3 is 32.7 Å². The number of nitrogens with zero attached hydrogens (tertiary/aromatic N) is 2. The lowest BCUT2D eigenvalue weighted by atomic mass is 9.72. The first kappa shape index (κ1) is 30.0. The van der Waals surface area contributed by atoms with E-state index in [1.54, 1.807) is 6.07 Å². The van der Waals surface area contributed by atoms with Gasteiger partial charge in [-0.25, -0.2) is 32.0 Å². The van der Waals surface area contributed by atoms with E-state index in [0.717, 1.165) is 30.5 Å². The zero-order chi connectivity index (χ0) is 30.3. The zero-order valence-corrected chi connectivity index (χ0v) is 22.9. The first-order valence-corrected chi connectivity index (χ1v) is 15.3. The molecule has 0 radical (unpaired) electrons. The lowest BCUT2D eigenvalue weighted by molar-refractivity contribution is -0.123. The number of urea groups is 2. The van der Waals surface area contributed by atoms with Gasteiger partial charge < -0.3 is 35.2 Å². The summed E-state index contributed by atoms with van der Waals surface area (Å²) in [7, 11) is -10.3. The van der Waals surface area contributed by atoms with Crippen molar-refractivity contribution in [3.63, 3.8) is 0 Å². The molecule has 2 aromatic carbocycles. The topological polar surface area (TPSA) is 240 Å². The third-order valence-electron chi connectivity index (χ3n) is 6.39. The number of carbonyl (C=O) groups is 4. The van der Waals surface area contributed by atoms with Gasteiger partial charge in [-0.2, -0.15) is 0 Å². The summed E-state index contributed by atoms with van der Waals surface area (Å²) in [6.45, 7) is -0.608. The normalized spacial score (nSPS) is 17.9. The van der Waals surface area contributed by atoms with Crippen molar-refractivity contribution in [2.45, 2.75) is 18.4 Å². The van der Waals surface area contributed by atoms with Crippen LogP contribution in [0.2, 0.25) is 0 Å². The third-order valence-corrected chi connectivity index (χ3v) is 8.50. The number of aromatic carboxylic acids is 1. The van der Waals surface area contributed by atoms with Crippen LogP contribution in [0.1, 0.15) is 27.5 Å². The maximum Gasteiger partial charge on any atom is 0.547 e. The third kappa shape index (κ3) is 6.36.